The molecule has 2 aliphatic rings. The van der Waals surface area contributed by atoms with Gasteiger partial charge in [0.05, 0.1) is 23.3 Å². The highest BCUT2D eigenvalue weighted by atomic mass is 35.5. The maximum Gasteiger partial charge on any atom is 0.414 e. The third-order valence-corrected chi connectivity index (χ3v) is 5.52. The topological polar surface area (TPSA) is 80.4 Å². The lowest BCUT2D eigenvalue weighted by Gasteiger charge is -2.31. The van der Waals surface area contributed by atoms with Crippen molar-refractivity contribution < 1.29 is 22.9 Å². The third-order valence-electron chi connectivity index (χ3n) is 5.19. The number of urea groups is 1. The number of hydrazone groups is 1. The van der Waals surface area contributed by atoms with E-state index in [1.54, 1.807) is 18.2 Å². The lowest BCUT2D eigenvalue weighted by Crippen LogP contribution is -2.61. The number of imide groups is 1. The van der Waals surface area contributed by atoms with Crippen LogP contribution in [0.1, 0.15) is 11.1 Å². The zero-order valence-corrected chi connectivity index (χ0v) is 17.8. The van der Waals surface area contributed by atoms with Crippen LogP contribution in [-0.4, -0.2) is 64.5 Å². The number of benzene rings is 2. The molecule has 2 aliphatic heterocycles. The highest BCUT2D eigenvalue weighted by Gasteiger charge is 2.51. The maximum atomic E-state index is 14.3. The molecule has 3 amide bonds. The molecule has 1 saturated heterocycles. The molecule has 0 bridgehead atoms. The second-order valence-corrected chi connectivity index (χ2v) is 7.57. The number of nitrogens with one attached hydrogen (secondary N) is 1. The van der Waals surface area contributed by atoms with Crippen LogP contribution in [0.25, 0.3) is 0 Å². The summed E-state index contributed by atoms with van der Waals surface area (Å²) in [5.41, 5.74) is 3.05. The molecule has 1 fully saturated rings. The number of rotatable bonds is 4. The molecule has 164 valence electrons. The minimum atomic E-state index is -0.961. The zero-order chi connectivity index (χ0) is 23.0. The number of nitrogens with zero attached hydrogens (tertiary/aromatic N) is 5. The fraction of sp³-hybridized carbons (Fsp3) is 0.190. The average molecular weight is 460 g/mol. The van der Waals surface area contributed by atoms with Crippen LogP contribution >= 0.6 is 11.6 Å². The third kappa shape index (κ3) is 3.73. The minimum absolute atomic E-state index is 0.0236. The van der Waals surface area contributed by atoms with Gasteiger partial charge in [0, 0.05) is 19.7 Å². The Balaban J connectivity index is 1.72. The summed E-state index contributed by atoms with van der Waals surface area (Å²) >= 11 is 6.01. The standard InChI is InChI=1S/C21H17ClF2N6O2/c1-28-18-17(19(31)29(2)21(28)32)30(11-12-6-3-4-8-15(12)23)20(26-18)27-25-10-13-14(22)7-5-9-16(13)24/h3-10,17H,11H2,1-2H3/p+1/b25-10+. The first kappa shape index (κ1) is 21.6. The number of amidine groups is 1. The average Bonchev–Trinajstić information content (AvgIpc) is 3.12. The van der Waals surface area contributed by atoms with Gasteiger partial charge in [0.2, 0.25) is 11.9 Å². The van der Waals surface area contributed by atoms with Crippen LogP contribution in [0.15, 0.2) is 52.6 Å². The van der Waals surface area contributed by atoms with Crippen molar-refractivity contribution in [2.45, 2.75) is 12.6 Å². The molecule has 0 aliphatic carbocycles. The van der Waals surface area contributed by atoms with E-state index in [0.29, 0.717) is 5.56 Å². The van der Waals surface area contributed by atoms with Gasteiger partial charge >= 0.3 is 12.0 Å². The Morgan fingerprint density at radius 1 is 1.12 bits per heavy atom. The van der Waals surface area contributed by atoms with E-state index in [-0.39, 0.29) is 28.9 Å². The summed E-state index contributed by atoms with van der Waals surface area (Å²) in [6, 6.07) is 8.84. The van der Waals surface area contributed by atoms with E-state index in [2.05, 4.69) is 15.5 Å². The second-order valence-electron chi connectivity index (χ2n) is 7.16. The number of carbonyl (C=O) groups excluding carboxylic acids is 2. The van der Waals surface area contributed by atoms with Crippen LogP contribution in [0.5, 0.6) is 0 Å². The molecule has 0 saturated carbocycles. The molecule has 0 spiro atoms. The number of aliphatic imine (C=N–C) groups is 1. The summed E-state index contributed by atoms with van der Waals surface area (Å²) in [6.45, 7) is -0.0236. The van der Waals surface area contributed by atoms with Crippen LogP contribution in [0.2, 0.25) is 5.02 Å². The molecule has 0 radical (unpaired) electrons. The minimum Gasteiger partial charge on any atom is -0.270 e. The fourth-order valence-corrected chi connectivity index (χ4v) is 3.66. The molecule has 2 aromatic carbocycles. The van der Waals surface area contributed by atoms with Crippen LogP contribution in [0, 0.1) is 11.6 Å². The van der Waals surface area contributed by atoms with Crippen molar-refractivity contribution in [2.75, 3.05) is 14.1 Å². The van der Waals surface area contributed by atoms with Gasteiger partial charge in [-0.05, 0) is 18.2 Å². The van der Waals surface area contributed by atoms with Crippen molar-refractivity contribution in [3.8, 4) is 0 Å². The highest BCUT2D eigenvalue weighted by Crippen LogP contribution is 2.21. The summed E-state index contributed by atoms with van der Waals surface area (Å²) in [7, 11) is 2.85. The first-order valence-corrected chi connectivity index (χ1v) is 9.91. The maximum absolute atomic E-state index is 14.3. The summed E-state index contributed by atoms with van der Waals surface area (Å²) in [5.74, 6) is -1.26. The van der Waals surface area contributed by atoms with Crippen LogP contribution < -0.4 is 5.43 Å². The van der Waals surface area contributed by atoms with Gasteiger partial charge in [-0.3, -0.25) is 14.6 Å². The van der Waals surface area contributed by atoms with E-state index in [1.807, 2.05) is 0 Å². The van der Waals surface area contributed by atoms with E-state index in [9.17, 15) is 18.4 Å². The molecule has 4 rings (SSSR count). The molecule has 32 heavy (non-hydrogen) atoms. The van der Waals surface area contributed by atoms with Crippen molar-refractivity contribution in [1.82, 2.24) is 15.2 Å². The first-order chi connectivity index (χ1) is 15.3. The Hall–Kier alpha value is -3.66. The number of hydrogen-bond acceptors (Lipinski definition) is 5. The Morgan fingerprint density at radius 3 is 2.56 bits per heavy atom. The van der Waals surface area contributed by atoms with Crippen molar-refractivity contribution in [3.05, 3.63) is 70.2 Å². The Kier molecular flexibility index (Phi) is 5.70. The van der Waals surface area contributed by atoms with Gasteiger partial charge in [-0.2, -0.15) is 5.43 Å². The van der Waals surface area contributed by atoms with Gasteiger partial charge in [-0.1, -0.05) is 40.9 Å². The largest absolute Gasteiger partial charge is 0.414 e. The van der Waals surface area contributed by atoms with Crippen molar-refractivity contribution >= 4 is 41.5 Å². The Bertz CT molecular complexity index is 1190. The second kappa shape index (κ2) is 8.46. The van der Waals surface area contributed by atoms with Gasteiger partial charge in [-0.15, -0.1) is 5.10 Å². The summed E-state index contributed by atoms with van der Waals surface area (Å²) in [5, 5.41) is 4.16. The monoisotopic (exact) mass is 459 g/mol. The van der Waals surface area contributed by atoms with Crippen LogP contribution in [-0.2, 0) is 11.3 Å². The van der Waals surface area contributed by atoms with E-state index in [0.717, 1.165) is 4.90 Å². The molecular formula is C21H18ClF2N6O2+. The smallest absolute Gasteiger partial charge is 0.270 e. The van der Waals surface area contributed by atoms with Crippen LogP contribution in [0.4, 0.5) is 13.6 Å². The number of likely N-dealkylation sites (N-methyl/N-ethyl adjacent to an activating group) is 2. The predicted octanol–water partition coefficient (Wildman–Crippen LogP) is 2.41. The fourth-order valence-electron chi connectivity index (χ4n) is 3.45. The molecular weight excluding hydrogens is 442 g/mol. The van der Waals surface area contributed by atoms with E-state index >= 15 is 0 Å². The Morgan fingerprint density at radius 2 is 1.84 bits per heavy atom. The summed E-state index contributed by atoms with van der Waals surface area (Å²) < 4.78 is 29.8. The number of fused-ring (bicyclic) bond motifs is 1. The van der Waals surface area contributed by atoms with Gasteiger partial charge < -0.3 is 0 Å². The van der Waals surface area contributed by atoms with Gasteiger partial charge in [-0.25, -0.2) is 18.2 Å². The summed E-state index contributed by atoms with van der Waals surface area (Å²) in [4.78, 5) is 31.8. The molecule has 11 heteroatoms. The SMILES string of the molecule is CN1C(=O)C2C(=NC(N/N=C/c3c(F)cccc3Cl)=[N+]2Cc2ccccc2F)N(C)C1=O. The molecule has 0 aromatic heterocycles. The molecule has 2 heterocycles. The van der Waals surface area contributed by atoms with Crippen molar-refractivity contribution in [1.29, 1.82) is 0 Å². The number of amides is 3. The number of guanidine groups is 1. The number of halogens is 3. The summed E-state index contributed by atoms with van der Waals surface area (Å²) in [6.07, 6.45) is 1.18. The number of carbonyl (C=O) groups is 2. The quantitative estimate of drug-likeness (QED) is 0.433. The predicted molar refractivity (Wildman–Crippen MR) is 115 cm³/mol. The lowest BCUT2D eigenvalue weighted by molar-refractivity contribution is -0.553. The molecule has 1 unspecified atom stereocenters. The molecule has 1 atom stereocenters. The van der Waals surface area contributed by atoms with E-state index in [4.69, 9.17) is 11.6 Å². The Labute approximate surface area is 187 Å². The normalized spacial score (nSPS) is 18.5. The molecule has 2 aromatic rings. The lowest BCUT2D eigenvalue weighted by atomic mass is 10.1. The van der Waals surface area contributed by atoms with E-state index < -0.39 is 29.6 Å². The zero-order valence-electron chi connectivity index (χ0n) is 17.1. The highest BCUT2D eigenvalue weighted by molar-refractivity contribution is 6.33. The van der Waals surface area contributed by atoms with Gasteiger partial charge in [0.25, 0.3) is 5.91 Å². The van der Waals surface area contributed by atoms with Gasteiger partial charge in [0.1, 0.15) is 11.6 Å². The molecule has 8 nitrogen and oxygen atoms in total. The van der Waals surface area contributed by atoms with Gasteiger partial charge in [0.15, 0.2) is 0 Å². The van der Waals surface area contributed by atoms with Crippen molar-refractivity contribution in [3.63, 3.8) is 0 Å². The first-order valence-electron chi connectivity index (χ1n) is 9.53. The number of hydrogen-bond donors (Lipinski definition) is 1. The van der Waals surface area contributed by atoms with E-state index in [1.165, 1.54) is 54.1 Å². The van der Waals surface area contributed by atoms with Crippen LogP contribution in [0.3, 0.4) is 0 Å². The van der Waals surface area contributed by atoms with Crippen molar-refractivity contribution in [2.24, 2.45) is 10.1 Å². The molecule has 1 N–H and O–H groups in total.